The van der Waals surface area contributed by atoms with E-state index >= 15 is 0 Å². The van der Waals surface area contributed by atoms with Crippen molar-refractivity contribution in [1.29, 1.82) is 0 Å². The summed E-state index contributed by atoms with van der Waals surface area (Å²) in [7, 11) is 2.01. The molecule has 16 heavy (non-hydrogen) atoms. The summed E-state index contributed by atoms with van der Waals surface area (Å²) in [4.78, 5) is 4.34. The molecule has 4 heteroatoms. The molecule has 1 aromatic carbocycles. The highest BCUT2D eigenvalue weighted by atomic mass is 35.5. The zero-order valence-electron chi connectivity index (χ0n) is 9.41. The predicted octanol–water partition coefficient (Wildman–Crippen LogP) is 2.29. The minimum atomic E-state index is 0.715. The van der Waals surface area contributed by atoms with Gasteiger partial charge in [-0.3, -0.25) is 0 Å². The predicted molar refractivity (Wildman–Crippen MR) is 67.8 cm³/mol. The van der Waals surface area contributed by atoms with Gasteiger partial charge in [-0.25, -0.2) is 4.98 Å². The number of hydrogen-bond acceptors (Lipinski definition) is 2. The van der Waals surface area contributed by atoms with Crippen LogP contribution in [-0.2, 0) is 13.6 Å². The van der Waals surface area contributed by atoms with Crippen LogP contribution in [-0.4, -0.2) is 22.0 Å². The van der Waals surface area contributed by atoms with Gasteiger partial charge in [0.05, 0.1) is 17.4 Å². The molecule has 0 bridgehead atoms. The SMILES string of the molecule is Cn1cnc2cc(CNCCCCl)ccc21. The number of aryl methyl sites for hydroxylation is 1. The molecule has 0 atom stereocenters. The van der Waals surface area contributed by atoms with E-state index < -0.39 is 0 Å². The van der Waals surface area contributed by atoms with Crippen LogP contribution in [0.25, 0.3) is 11.0 Å². The van der Waals surface area contributed by atoms with Crippen LogP contribution in [0.5, 0.6) is 0 Å². The van der Waals surface area contributed by atoms with Crippen LogP contribution in [0, 0.1) is 0 Å². The molecule has 0 saturated carbocycles. The molecule has 0 aliphatic carbocycles. The number of alkyl halides is 1. The van der Waals surface area contributed by atoms with Gasteiger partial charge in [-0.15, -0.1) is 11.6 Å². The van der Waals surface area contributed by atoms with E-state index in [-0.39, 0.29) is 0 Å². The molecule has 1 heterocycles. The Hall–Kier alpha value is -1.06. The third kappa shape index (κ3) is 2.54. The molecular weight excluding hydrogens is 222 g/mol. The van der Waals surface area contributed by atoms with E-state index in [2.05, 4.69) is 28.5 Å². The second kappa shape index (κ2) is 5.32. The Morgan fingerprint density at radius 3 is 3.12 bits per heavy atom. The van der Waals surface area contributed by atoms with Gasteiger partial charge in [0.15, 0.2) is 0 Å². The lowest BCUT2D eigenvalue weighted by Crippen LogP contribution is -2.14. The second-order valence-electron chi connectivity index (χ2n) is 3.90. The van der Waals surface area contributed by atoms with Gasteiger partial charge >= 0.3 is 0 Å². The van der Waals surface area contributed by atoms with Gasteiger partial charge in [0.1, 0.15) is 0 Å². The summed E-state index contributed by atoms with van der Waals surface area (Å²) in [5.41, 5.74) is 3.49. The maximum absolute atomic E-state index is 5.61. The average molecular weight is 238 g/mol. The van der Waals surface area contributed by atoms with Gasteiger partial charge < -0.3 is 9.88 Å². The quantitative estimate of drug-likeness (QED) is 0.639. The van der Waals surface area contributed by atoms with Crippen molar-refractivity contribution in [1.82, 2.24) is 14.9 Å². The van der Waals surface area contributed by atoms with E-state index in [0.717, 1.165) is 25.0 Å². The molecule has 1 aromatic heterocycles. The number of rotatable bonds is 5. The summed E-state index contributed by atoms with van der Waals surface area (Å²) >= 11 is 5.61. The Morgan fingerprint density at radius 2 is 2.31 bits per heavy atom. The highest BCUT2D eigenvalue weighted by Crippen LogP contribution is 2.13. The largest absolute Gasteiger partial charge is 0.334 e. The molecule has 0 radical (unpaired) electrons. The second-order valence-corrected chi connectivity index (χ2v) is 4.28. The fraction of sp³-hybridized carbons (Fsp3) is 0.417. The van der Waals surface area contributed by atoms with Crippen molar-refractivity contribution in [2.75, 3.05) is 12.4 Å². The van der Waals surface area contributed by atoms with Crippen molar-refractivity contribution >= 4 is 22.6 Å². The number of benzene rings is 1. The highest BCUT2D eigenvalue weighted by molar-refractivity contribution is 6.17. The summed E-state index contributed by atoms with van der Waals surface area (Å²) in [6, 6.07) is 6.38. The molecule has 0 aliphatic heterocycles. The highest BCUT2D eigenvalue weighted by Gasteiger charge is 2.00. The Labute approximate surface area is 100 Å². The van der Waals surface area contributed by atoms with Gasteiger partial charge in [0.2, 0.25) is 0 Å². The van der Waals surface area contributed by atoms with E-state index in [1.807, 2.05) is 17.9 Å². The number of hydrogen-bond donors (Lipinski definition) is 1. The smallest absolute Gasteiger partial charge is 0.0955 e. The maximum Gasteiger partial charge on any atom is 0.0955 e. The maximum atomic E-state index is 5.61. The third-order valence-corrected chi connectivity index (χ3v) is 2.87. The Morgan fingerprint density at radius 1 is 1.44 bits per heavy atom. The fourth-order valence-corrected chi connectivity index (χ4v) is 1.85. The molecule has 3 nitrogen and oxygen atoms in total. The lowest BCUT2D eigenvalue weighted by Gasteiger charge is -2.03. The first-order valence-corrected chi connectivity index (χ1v) is 6.01. The normalized spacial score (nSPS) is 11.1. The first-order chi connectivity index (χ1) is 7.81. The summed E-state index contributed by atoms with van der Waals surface area (Å²) in [5.74, 6) is 0.715. The van der Waals surface area contributed by atoms with Crippen molar-refractivity contribution in [2.24, 2.45) is 7.05 Å². The topological polar surface area (TPSA) is 29.9 Å². The van der Waals surface area contributed by atoms with Crippen molar-refractivity contribution in [3.05, 3.63) is 30.1 Å². The van der Waals surface area contributed by atoms with Gasteiger partial charge in [-0.05, 0) is 30.7 Å². The molecule has 2 aromatic rings. The molecular formula is C12H16ClN3. The minimum Gasteiger partial charge on any atom is -0.334 e. The molecule has 0 saturated heterocycles. The molecule has 0 unspecified atom stereocenters. The van der Waals surface area contributed by atoms with E-state index in [4.69, 9.17) is 11.6 Å². The summed E-state index contributed by atoms with van der Waals surface area (Å²) in [6.45, 7) is 1.84. The summed E-state index contributed by atoms with van der Waals surface area (Å²) < 4.78 is 2.03. The lowest BCUT2D eigenvalue weighted by atomic mass is 10.2. The number of halogens is 1. The van der Waals surface area contributed by atoms with Crippen LogP contribution in [0.15, 0.2) is 24.5 Å². The zero-order valence-corrected chi connectivity index (χ0v) is 10.2. The third-order valence-electron chi connectivity index (χ3n) is 2.61. The van der Waals surface area contributed by atoms with Crippen LogP contribution in [0.3, 0.4) is 0 Å². The van der Waals surface area contributed by atoms with Crippen molar-refractivity contribution < 1.29 is 0 Å². The first-order valence-electron chi connectivity index (χ1n) is 5.48. The van der Waals surface area contributed by atoms with Gasteiger partial charge in [0, 0.05) is 19.5 Å². The molecule has 2 rings (SSSR count). The minimum absolute atomic E-state index is 0.715. The van der Waals surface area contributed by atoms with Gasteiger partial charge in [-0.2, -0.15) is 0 Å². The standard InChI is InChI=1S/C12H16ClN3/c1-16-9-15-11-7-10(3-4-12(11)16)8-14-6-2-5-13/h3-4,7,9,14H,2,5-6,8H2,1H3. The van der Waals surface area contributed by atoms with E-state index in [1.165, 1.54) is 11.1 Å². The lowest BCUT2D eigenvalue weighted by molar-refractivity contribution is 0.678. The number of aromatic nitrogens is 2. The number of imidazole rings is 1. The monoisotopic (exact) mass is 237 g/mol. The van der Waals surface area contributed by atoms with Crippen LogP contribution in [0.2, 0.25) is 0 Å². The van der Waals surface area contributed by atoms with Crippen LogP contribution >= 0.6 is 11.6 Å². The van der Waals surface area contributed by atoms with Crippen LogP contribution in [0.4, 0.5) is 0 Å². The fourth-order valence-electron chi connectivity index (χ4n) is 1.72. The molecule has 0 amide bonds. The van der Waals surface area contributed by atoms with Gasteiger partial charge in [-0.1, -0.05) is 6.07 Å². The zero-order chi connectivity index (χ0) is 11.4. The Balaban J connectivity index is 2.02. The number of nitrogens with zero attached hydrogens (tertiary/aromatic N) is 2. The molecule has 86 valence electrons. The summed E-state index contributed by atoms with van der Waals surface area (Å²) in [5, 5.41) is 3.36. The van der Waals surface area contributed by atoms with E-state index in [1.54, 1.807) is 0 Å². The molecule has 0 aliphatic rings. The van der Waals surface area contributed by atoms with Crippen molar-refractivity contribution in [3.8, 4) is 0 Å². The van der Waals surface area contributed by atoms with E-state index in [0.29, 0.717) is 5.88 Å². The van der Waals surface area contributed by atoms with E-state index in [9.17, 15) is 0 Å². The Bertz CT molecular complexity index is 464. The molecule has 0 spiro atoms. The average Bonchev–Trinajstić information content (AvgIpc) is 2.66. The number of fused-ring (bicyclic) bond motifs is 1. The summed E-state index contributed by atoms with van der Waals surface area (Å²) in [6.07, 6.45) is 2.85. The van der Waals surface area contributed by atoms with Gasteiger partial charge in [0.25, 0.3) is 0 Å². The first kappa shape index (κ1) is 11.4. The van der Waals surface area contributed by atoms with Crippen molar-refractivity contribution in [3.63, 3.8) is 0 Å². The molecule has 0 fully saturated rings. The molecule has 1 N–H and O–H groups in total. The van der Waals surface area contributed by atoms with Crippen LogP contribution < -0.4 is 5.32 Å². The Kier molecular flexibility index (Phi) is 3.80. The van der Waals surface area contributed by atoms with Crippen LogP contribution in [0.1, 0.15) is 12.0 Å². The number of nitrogens with one attached hydrogen (secondary N) is 1. The van der Waals surface area contributed by atoms with Crippen molar-refractivity contribution in [2.45, 2.75) is 13.0 Å².